The summed E-state index contributed by atoms with van der Waals surface area (Å²) >= 11 is 0. The molecule has 5 N–H and O–H groups in total. The Morgan fingerprint density at radius 3 is 1.87 bits per heavy atom. The van der Waals surface area contributed by atoms with Crippen molar-refractivity contribution in [3.8, 4) is 11.6 Å². The Bertz CT molecular complexity index is 1860. The topological polar surface area (TPSA) is 237 Å². The van der Waals surface area contributed by atoms with Crippen LogP contribution in [0, 0.1) is 0 Å². The third kappa shape index (κ3) is 5.41. The lowest BCUT2D eigenvalue weighted by Gasteiger charge is -2.11. The van der Waals surface area contributed by atoms with Crippen molar-refractivity contribution in [1.29, 1.82) is 0 Å². The van der Waals surface area contributed by atoms with Crippen molar-refractivity contribution in [2.24, 2.45) is 5.10 Å². The number of rotatable bonds is 7. The number of H-pyrrole nitrogens is 1. The van der Waals surface area contributed by atoms with Crippen molar-refractivity contribution in [3.05, 3.63) is 82.2 Å². The van der Waals surface area contributed by atoms with Gasteiger partial charge in [0, 0.05) is 0 Å². The summed E-state index contributed by atoms with van der Waals surface area (Å²) in [5, 5.41) is 26.7. The Labute approximate surface area is 218 Å². The first-order valence-electron chi connectivity index (χ1n) is 10.4. The highest BCUT2D eigenvalue weighted by atomic mass is 32.2. The molecule has 2 heterocycles. The van der Waals surface area contributed by atoms with Crippen molar-refractivity contribution in [3.63, 3.8) is 0 Å². The number of carboxylic acids is 1. The quantitative estimate of drug-likeness (QED) is 0.195. The zero-order chi connectivity index (χ0) is 28.7. The van der Waals surface area contributed by atoms with Gasteiger partial charge >= 0.3 is 5.97 Å². The number of carboxylic acid groups (broad SMARTS) is 1. The molecule has 39 heavy (non-hydrogen) atoms. The number of aliphatic carboxylic acids is 1. The smallest absolute Gasteiger partial charge is 0.357 e. The Morgan fingerprint density at radius 1 is 0.872 bits per heavy atom. The summed E-state index contributed by atoms with van der Waals surface area (Å²) in [6, 6.07) is 8.75. The summed E-state index contributed by atoms with van der Waals surface area (Å²) in [6.45, 7) is 0. The number of anilines is 1. The monoisotopic (exact) mass is 576 g/mol. The second kappa shape index (κ2) is 9.80. The first-order valence-corrected chi connectivity index (χ1v) is 13.3. The predicted molar refractivity (Wildman–Crippen MR) is 134 cm³/mol. The molecule has 0 bridgehead atoms. The van der Waals surface area contributed by atoms with E-state index >= 15 is 0 Å². The van der Waals surface area contributed by atoms with Gasteiger partial charge in [-0.25, -0.2) is 9.48 Å². The van der Waals surface area contributed by atoms with Crippen molar-refractivity contribution >= 4 is 49.6 Å². The molecule has 3 aromatic rings. The Hall–Kier alpha value is -4.84. The highest BCUT2D eigenvalue weighted by Crippen LogP contribution is 2.26. The number of aromatic amines is 1. The number of carbonyl (C=O) groups is 2. The number of hydrogen-bond acceptors (Lipinski definition) is 9. The third-order valence-corrected chi connectivity index (χ3v) is 7.02. The largest absolute Gasteiger partial charge is 0.493 e. The van der Waals surface area contributed by atoms with Gasteiger partial charge in [0.05, 0.1) is 26.7 Å². The van der Waals surface area contributed by atoms with E-state index in [2.05, 4.69) is 10.2 Å². The van der Waals surface area contributed by atoms with E-state index in [0.29, 0.717) is 5.01 Å². The molecule has 0 spiro atoms. The lowest BCUT2D eigenvalue weighted by molar-refractivity contribution is -0.129. The maximum atomic E-state index is 12.9. The fourth-order valence-corrected chi connectivity index (χ4v) is 4.40. The van der Waals surface area contributed by atoms with E-state index < -0.39 is 64.6 Å². The van der Waals surface area contributed by atoms with Gasteiger partial charge in [-0.15, -0.1) is 0 Å². The standard InChI is InChI=1S/C22H16N4O11S2/c27-19-17(21(29)26(24-19)13-6-10-15(11-7-13)39(35,36)37)3-1-2-16-18(22(30)31)23-25(20(16)28)12-4-8-14(9-5-12)38(32,33)34/h1-11,29H,(H,24,27)(H,30,31)(H,32,33,34)(H,35,36,37). The van der Waals surface area contributed by atoms with Crippen LogP contribution in [0.1, 0.15) is 5.56 Å². The van der Waals surface area contributed by atoms with Gasteiger partial charge < -0.3 is 10.2 Å². The lowest BCUT2D eigenvalue weighted by atomic mass is 10.1. The average molecular weight is 577 g/mol. The highest BCUT2D eigenvalue weighted by molar-refractivity contribution is 7.86. The molecular formula is C22H16N4O11S2. The number of allylic oxidation sites excluding steroid dienone is 2. The summed E-state index contributed by atoms with van der Waals surface area (Å²) in [5.74, 6) is -3.05. The molecule has 1 aliphatic heterocycles. The van der Waals surface area contributed by atoms with Gasteiger partial charge in [-0.2, -0.15) is 26.9 Å². The average Bonchev–Trinajstić information content (AvgIpc) is 3.34. The van der Waals surface area contributed by atoms with E-state index in [9.17, 15) is 41.4 Å². The fraction of sp³-hybridized carbons (Fsp3) is 0. The number of carbonyl (C=O) groups excluding carboxylic acids is 1. The molecule has 0 radical (unpaired) electrons. The maximum absolute atomic E-state index is 12.9. The molecule has 1 aromatic heterocycles. The highest BCUT2D eigenvalue weighted by Gasteiger charge is 2.34. The van der Waals surface area contributed by atoms with Gasteiger partial charge in [-0.1, -0.05) is 6.08 Å². The van der Waals surface area contributed by atoms with Crippen LogP contribution >= 0.6 is 0 Å². The number of nitrogens with one attached hydrogen (secondary N) is 1. The van der Waals surface area contributed by atoms with Crippen LogP contribution in [0.15, 0.2) is 85.9 Å². The molecule has 0 atom stereocenters. The van der Waals surface area contributed by atoms with E-state index in [1.807, 2.05) is 0 Å². The molecule has 0 aliphatic carbocycles. The summed E-state index contributed by atoms with van der Waals surface area (Å²) < 4.78 is 63.9. The van der Waals surface area contributed by atoms with Gasteiger partial charge in [0.1, 0.15) is 5.56 Å². The molecule has 0 saturated heterocycles. The summed E-state index contributed by atoms with van der Waals surface area (Å²) in [7, 11) is -8.96. The minimum atomic E-state index is -4.50. The molecule has 202 valence electrons. The molecule has 0 unspecified atom stereocenters. The van der Waals surface area contributed by atoms with Crippen LogP contribution in [0.25, 0.3) is 11.8 Å². The Kier molecular flexibility index (Phi) is 6.83. The van der Waals surface area contributed by atoms with Crippen molar-refractivity contribution in [2.75, 3.05) is 5.01 Å². The number of aromatic hydroxyl groups is 1. The normalized spacial score (nSPS) is 15.3. The number of hydrazone groups is 1. The number of hydrogen-bond donors (Lipinski definition) is 5. The maximum Gasteiger partial charge on any atom is 0.357 e. The Morgan fingerprint density at radius 2 is 1.38 bits per heavy atom. The fourth-order valence-electron chi connectivity index (χ4n) is 3.44. The van der Waals surface area contributed by atoms with Gasteiger partial charge in [0.2, 0.25) is 5.88 Å². The molecule has 0 saturated carbocycles. The molecule has 4 rings (SSSR count). The van der Waals surface area contributed by atoms with Crippen LogP contribution in [0.5, 0.6) is 5.88 Å². The number of nitrogens with zero attached hydrogens (tertiary/aromatic N) is 3. The van der Waals surface area contributed by atoms with Crippen LogP contribution in [-0.4, -0.2) is 63.5 Å². The molecule has 1 amide bonds. The van der Waals surface area contributed by atoms with Gasteiger partial charge in [-0.05, 0) is 60.7 Å². The van der Waals surface area contributed by atoms with E-state index in [0.717, 1.165) is 59.3 Å². The summed E-state index contributed by atoms with van der Waals surface area (Å²) in [5.41, 5.74) is -1.98. The second-order valence-electron chi connectivity index (χ2n) is 7.76. The van der Waals surface area contributed by atoms with Crippen LogP contribution in [0.3, 0.4) is 0 Å². The number of amides is 1. The Balaban J connectivity index is 1.63. The molecule has 1 aliphatic rings. The van der Waals surface area contributed by atoms with E-state index in [4.69, 9.17) is 9.11 Å². The molecule has 17 heteroatoms. The van der Waals surface area contributed by atoms with Crippen molar-refractivity contribution in [1.82, 2.24) is 9.78 Å². The third-order valence-electron chi connectivity index (χ3n) is 5.29. The minimum Gasteiger partial charge on any atom is -0.493 e. The minimum absolute atomic E-state index is 0.00436. The lowest BCUT2D eigenvalue weighted by Crippen LogP contribution is -2.22. The second-order valence-corrected chi connectivity index (χ2v) is 10.6. The zero-order valence-corrected chi connectivity index (χ0v) is 20.8. The van der Waals surface area contributed by atoms with Crippen LogP contribution < -0.4 is 10.6 Å². The molecule has 0 fully saturated rings. The number of benzene rings is 2. The first kappa shape index (κ1) is 27.2. The van der Waals surface area contributed by atoms with Crippen molar-refractivity contribution < 1.29 is 45.7 Å². The van der Waals surface area contributed by atoms with Gasteiger partial charge in [0.25, 0.3) is 31.7 Å². The van der Waals surface area contributed by atoms with Crippen LogP contribution in [-0.2, 0) is 29.8 Å². The SMILES string of the molecule is O=C(O)C1=NN(c2ccc(S(=O)(=O)O)cc2)C(=O)C1=CC=Cc1c(O)n(-c2ccc(S(=O)(=O)O)cc2)[nH]c1=O. The molecule has 2 aromatic carbocycles. The summed E-state index contributed by atoms with van der Waals surface area (Å²) in [6.07, 6.45) is 3.24. The van der Waals surface area contributed by atoms with E-state index in [1.165, 1.54) is 12.1 Å². The summed E-state index contributed by atoms with van der Waals surface area (Å²) in [4.78, 5) is 36.0. The predicted octanol–water partition coefficient (Wildman–Crippen LogP) is 0.792. The zero-order valence-electron chi connectivity index (χ0n) is 19.2. The first-order chi connectivity index (χ1) is 18.2. The number of aromatic nitrogens is 2. The van der Waals surface area contributed by atoms with Crippen LogP contribution in [0.2, 0.25) is 0 Å². The van der Waals surface area contributed by atoms with Crippen LogP contribution in [0.4, 0.5) is 5.69 Å². The van der Waals surface area contributed by atoms with E-state index in [1.54, 1.807) is 0 Å². The van der Waals surface area contributed by atoms with Crippen molar-refractivity contribution in [2.45, 2.75) is 9.79 Å². The van der Waals surface area contributed by atoms with E-state index in [-0.39, 0.29) is 16.9 Å². The molecular weight excluding hydrogens is 560 g/mol. The van der Waals surface area contributed by atoms with Gasteiger partial charge in [0.15, 0.2) is 5.71 Å². The molecule has 15 nitrogen and oxygen atoms in total. The van der Waals surface area contributed by atoms with Gasteiger partial charge in [-0.3, -0.25) is 23.8 Å².